The van der Waals surface area contributed by atoms with Gasteiger partial charge in [-0.2, -0.15) is 5.10 Å². The molecular weight excluding hydrogens is 316 g/mol. The van der Waals surface area contributed by atoms with Gasteiger partial charge in [-0.15, -0.1) is 0 Å². The van der Waals surface area contributed by atoms with Gasteiger partial charge in [0.15, 0.2) is 6.61 Å². The summed E-state index contributed by atoms with van der Waals surface area (Å²) in [6.45, 7) is 6.50. The molecule has 0 unspecified atom stereocenters. The van der Waals surface area contributed by atoms with Crippen molar-refractivity contribution in [1.82, 2.24) is 5.43 Å². The van der Waals surface area contributed by atoms with E-state index in [2.05, 4.69) is 10.5 Å². The summed E-state index contributed by atoms with van der Waals surface area (Å²) in [5.41, 5.74) is 5.28. The lowest BCUT2D eigenvalue weighted by molar-refractivity contribution is -0.123. The zero-order valence-corrected chi connectivity index (χ0v) is 14.9. The van der Waals surface area contributed by atoms with Crippen LogP contribution in [0.15, 0.2) is 47.6 Å². The Kier molecular flexibility index (Phi) is 7.01. The summed E-state index contributed by atoms with van der Waals surface area (Å²) in [5.74, 6) is 1.17. The Morgan fingerprint density at radius 1 is 1.08 bits per heavy atom. The van der Waals surface area contributed by atoms with Crippen LogP contribution in [0.3, 0.4) is 0 Å². The van der Waals surface area contributed by atoms with Crippen LogP contribution >= 0.6 is 0 Å². The molecule has 0 bridgehead atoms. The van der Waals surface area contributed by atoms with Crippen LogP contribution in [-0.2, 0) is 4.79 Å². The van der Waals surface area contributed by atoms with E-state index in [9.17, 15) is 4.79 Å². The fourth-order valence-corrected chi connectivity index (χ4v) is 2.30. The molecule has 0 heterocycles. The molecule has 1 amide bonds. The van der Waals surface area contributed by atoms with Crippen LogP contribution in [0.2, 0.25) is 0 Å². The topological polar surface area (TPSA) is 59.9 Å². The molecule has 0 aromatic heterocycles. The molecule has 2 aromatic rings. The lowest BCUT2D eigenvalue weighted by Gasteiger charge is -2.10. The van der Waals surface area contributed by atoms with Crippen molar-refractivity contribution in [2.24, 2.45) is 5.10 Å². The van der Waals surface area contributed by atoms with E-state index in [1.807, 2.05) is 63.2 Å². The molecule has 25 heavy (non-hydrogen) atoms. The molecule has 0 fully saturated rings. The minimum atomic E-state index is -0.314. The van der Waals surface area contributed by atoms with E-state index in [1.54, 1.807) is 6.21 Å². The molecule has 0 saturated carbocycles. The van der Waals surface area contributed by atoms with Gasteiger partial charge < -0.3 is 9.47 Å². The normalized spacial score (nSPS) is 10.7. The highest BCUT2D eigenvalue weighted by Gasteiger charge is 2.06. The summed E-state index contributed by atoms with van der Waals surface area (Å²) in [7, 11) is 0. The number of nitrogens with zero attached hydrogens (tertiary/aromatic N) is 1. The predicted molar refractivity (Wildman–Crippen MR) is 99.4 cm³/mol. The van der Waals surface area contributed by atoms with Gasteiger partial charge in [-0.05, 0) is 43.5 Å². The first kappa shape index (κ1) is 18.5. The van der Waals surface area contributed by atoms with Crippen LogP contribution in [-0.4, -0.2) is 25.3 Å². The maximum atomic E-state index is 11.9. The second-order valence-corrected chi connectivity index (χ2v) is 5.69. The summed E-state index contributed by atoms with van der Waals surface area (Å²) in [4.78, 5) is 11.9. The van der Waals surface area contributed by atoms with Crippen molar-refractivity contribution < 1.29 is 14.3 Å². The number of carbonyl (C=O) groups excluding carboxylic acids is 1. The van der Waals surface area contributed by atoms with Crippen molar-refractivity contribution in [2.45, 2.75) is 27.2 Å². The maximum Gasteiger partial charge on any atom is 0.277 e. The third kappa shape index (κ3) is 5.64. The Bertz CT molecular complexity index is 721. The number of rotatable bonds is 8. The van der Waals surface area contributed by atoms with E-state index in [-0.39, 0.29) is 12.5 Å². The number of aryl methyl sites for hydroxylation is 2. The van der Waals surface area contributed by atoms with Crippen LogP contribution in [0.1, 0.15) is 30.0 Å². The van der Waals surface area contributed by atoms with Crippen LogP contribution < -0.4 is 14.9 Å². The third-order valence-electron chi connectivity index (χ3n) is 3.53. The molecular formula is C20H24N2O3. The molecule has 0 radical (unpaired) electrons. The van der Waals surface area contributed by atoms with Gasteiger partial charge in [-0.3, -0.25) is 4.79 Å². The summed E-state index contributed by atoms with van der Waals surface area (Å²) in [5, 5.41) is 3.98. The van der Waals surface area contributed by atoms with Gasteiger partial charge in [0.05, 0.1) is 12.8 Å². The average Bonchev–Trinajstić information content (AvgIpc) is 2.60. The smallest absolute Gasteiger partial charge is 0.277 e. The van der Waals surface area contributed by atoms with E-state index in [0.29, 0.717) is 6.61 Å². The minimum absolute atomic E-state index is 0.0863. The first-order chi connectivity index (χ1) is 12.1. The van der Waals surface area contributed by atoms with Gasteiger partial charge in [-0.25, -0.2) is 5.43 Å². The Labute approximate surface area is 148 Å². The van der Waals surface area contributed by atoms with E-state index < -0.39 is 0 Å². The summed E-state index contributed by atoms with van der Waals surface area (Å²) >= 11 is 0. The van der Waals surface area contributed by atoms with Crippen molar-refractivity contribution in [3.05, 3.63) is 59.2 Å². The molecule has 5 nitrogen and oxygen atoms in total. The molecule has 2 aromatic carbocycles. The molecule has 0 aliphatic rings. The lowest BCUT2D eigenvalue weighted by Crippen LogP contribution is -2.25. The molecule has 2 rings (SSSR count). The fraction of sp³-hybridized carbons (Fsp3) is 0.300. The van der Waals surface area contributed by atoms with Crippen LogP contribution in [0.4, 0.5) is 0 Å². The largest absolute Gasteiger partial charge is 0.493 e. The van der Waals surface area contributed by atoms with Crippen molar-refractivity contribution in [3.8, 4) is 11.5 Å². The van der Waals surface area contributed by atoms with Gasteiger partial charge in [0.2, 0.25) is 0 Å². The number of hydrazone groups is 1. The quantitative estimate of drug-likeness (QED) is 0.590. The van der Waals surface area contributed by atoms with Crippen LogP contribution in [0.25, 0.3) is 0 Å². The Balaban J connectivity index is 1.89. The molecule has 0 atom stereocenters. The second-order valence-electron chi connectivity index (χ2n) is 5.69. The number of carbonyl (C=O) groups is 1. The lowest BCUT2D eigenvalue weighted by atomic mass is 10.1. The monoisotopic (exact) mass is 340 g/mol. The SMILES string of the molecule is CCCOc1ccccc1/C=N\NC(=O)COc1c(C)cccc1C. The molecule has 132 valence electrons. The standard InChI is InChI=1S/C20H24N2O3/c1-4-12-24-18-11-6-5-10-17(18)13-21-22-19(23)14-25-20-15(2)8-7-9-16(20)3/h5-11,13H,4,12,14H2,1-3H3,(H,22,23)/b21-13-. The molecule has 0 aliphatic carbocycles. The van der Waals surface area contributed by atoms with Gasteiger partial charge in [-0.1, -0.05) is 37.3 Å². The maximum absolute atomic E-state index is 11.9. The van der Waals surface area contributed by atoms with Gasteiger partial charge in [0.25, 0.3) is 5.91 Å². The first-order valence-corrected chi connectivity index (χ1v) is 8.34. The Morgan fingerprint density at radius 2 is 1.80 bits per heavy atom. The highest BCUT2D eigenvalue weighted by molar-refractivity contribution is 5.85. The number of nitrogens with one attached hydrogen (secondary N) is 1. The summed E-state index contributed by atoms with van der Waals surface area (Å²) in [6.07, 6.45) is 2.50. The highest BCUT2D eigenvalue weighted by atomic mass is 16.5. The minimum Gasteiger partial charge on any atom is -0.493 e. The highest BCUT2D eigenvalue weighted by Crippen LogP contribution is 2.22. The van der Waals surface area contributed by atoms with Crippen LogP contribution in [0, 0.1) is 13.8 Å². The molecule has 0 saturated heterocycles. The zero-order chi connectivity index (χ0) is 18.1. The second kappa shape index (κ2) is 9.47. The number of benzene rings is 2. The Morgan fingerprint density at radius 3 is 2.52 bits per heavy atom. The third-order valence-corrected chi connectivity index (χ3v) is 3.53. The molecule has 5 heteroatoms. The molecule has 0 spiro atoms. The van der Waals surface area contributed by atoms with Crippen molar-refractivity contribution >= 4 is 12.1 Å². The average molecular weight is 340 g/mol. The summed E-state index contributed by atoms with van der Waals surface area (Å²) < 4.78 is 11.2. The Hall–Kier alpha value is -2.82. The van der Waals surface area contributed by atoms with Gasteiger partial charge in [0.1, 0.15) is 11.5 Å². The predicted octanol–water partition coefficient (Wildman–Crippen LogP) is 3.62. The van der Waals surface area contributed by atoms with E-state index in [4.69, 9.17) is 9.47 Å². The fourth-order valence-electron chi connectivity index (χ4n) is 2.30. The first-order valence-electron chi connectivity index (χ1n) is 8.34. The summed E-state index contributed by atoms with van der Waals surface area (Å²) in [6, 6.07) is 13.4. The van der Waals surface area contributed by atoms with Gasteiger partial charge >= 0.3 is 0 Å². The number of ether oxygens (including phenoxy) is 2. The number of amides is 1. The number of para-hydroxylation sites is 2. The van der Waals surface area contributed by atoms with Crippen molar-refractivity contribution in [3.63, 3.8) is 0 Å². The van der Waals surface area contributed by atoms with E-state index in [0.717, 1.165) is 34.6 Å². The van der Waals surface area contributed by atoms with E-state index >= 15 is 0 Å². The van der Waals surface area contributed by atoms with Crippen LogP contribution in [0.5, 0.6) is 11.5 Å². The van der Waals surface area contributed by atoms with Gasteiger partial charge in [0, 0.05) is 5.56 Å². The zero-order valence-electron chi connectivity index (χ0n) is 14.9. The molecule has 0 aliphatic heterocycles. The van der Waals surface area contributed by atoms with Crippen molar-refractivity contribution in [2.75, 3.05) is 13.2 Å². The number of hydrogen-bond acceptors (Lipinski definition) is 4. The van der Waals surface area contributed by atoms with Crippen molar-refractivity contribution in [1.29, 1.82) is 0 Å². The molecule has 1 N–H and O–H groups in total. The number of hydrogen-bond donors (Lipinski definition) is 1. The van der Waals surface area contributed by atoms with E-state index in [1.165, 1.54) is 0 Å².